The lowest BCUT2D eigenvalue weighted by molar-refractivity contribution is 0.102. The Morgan fingerprint density at radius 2 is 1.41 bits per heavy atom. The van der Waals surface area contributed by atoms with Crippen LogP contribution in [0.2, 0.25) is 0 Å². The summed E-state index contributed by atoms with van der Waals surface area (Å²) in [7, 11) is 5.51. The molecule has 196 valence electrons. The minimum atomic E-state index is -0.267. The maximum atomic E-state index is 12.8. The van der Waals surface area contributed by atoms with E-state index in [2.05, 4.69) is 25.9 Å². The highest BCUT2D eigenvalue weighted by Crippen LogP contribution is 2.24. The summed E-state index contributed by atoms with van der Waals surface area (Å²) < 4.78 is 5.26. The molecule has 0 radical (unpaired) electrons. The molecule has 2 amide bonds. The van der Waals surface area contributed by atoms with E-state index in [1.54, 1.807) is 49.6 Å². The number of H-pyrrole nitrogens is 1. The first-order valence-electron chi connectivity index (χ1n) is 12.3. The third-order valence-corrected chi connectivity index (χ3v) is 6.12. The Morgan fingerprint density at radius 3 is 2.08 bits per heavy atom. The van der Waals surface area contributed by atoms with E-state index in [-0.39, 0.29) is 11.8 Å². The lowest BCUT2D eigenvalue weighted by Gasteiger charge is -2.12. The zero-order valence-electron chi connectivity index (χ0n) is 21.8. The molecule has 5 aromatic rings. The number of anilines is 5. The van der Waals surface area contributed by atoms with Gasteiger partial charge in [0.2, 0.25) is 5.95 Å². The fourth-order valence-corrected chi connectivity index (χ4v) is 4.00. The third kappa shape index (κ3) is 5.99. The van der Waals surface area contributed by atoms with Crippen molar-refractivity contribution in [1.29, 1.82) is 0 Å². The number of fused-ring (bicyclic) bond motifs is 1. The molecule has 9 heteroatoms. The van der Waals surface area contributed by atoms with Crippen LogP contribution in [0.15, 0.2) is 91.0 Å². The van der Waals surface area contributed by atoms with Crippen molar-refractivity contribution in [2.45, 2.75) is 0 Å². The lowest BCUT2D eigenvalue weighted by Crippen LogP contribution is -2.14. The number of carbonyl (C=O) groups is 2. The van der Waals surface area contributed by atoms with Gasteiger partial charge in [0.05, 0.1) is 18.1 Å². The number of carbonyl (C=O) groups excluding carboxylic acids is 2. The number of benzene rings is 4. The number of methoxy groups -OCH3 is 1. The Labute approximate surface area is 225 Å². The van der Waals surface area contributed by atoms with Crippen molar-refractivity contribution < 1.29 is 14.3 Å². The zero-order valence-corrected chi connectivity index (χ0v) is 21.8. The molecule has 0 aliphatic carbocycles. The molecule has 4 aromatic carbocycles. The van der Waals surface area contributed by atoms with Crippen molar-refractivity contribution in [3.8, 4) is 5.75 Å². The van der Waals surface area contributed by atoms with E-state index in [0.29, 0.717) is 34.0 Å². The topological polar surface area (TPSA) is 111 Å². The fourth-order valence-electron chi connectivity index (χ4n) is 4.00. The Balaban J connectivity index is 1.21. The Hall–Kier alpha value is -5.31. The molecule has 4 N–H and O–H groups in total. The first kappa shape index (κ1) is 25.3. The standard InChI is InChI=1S/C30H28N6O3/c1-36(2)24-14-9-20(10-15-24)28(37)31-21-11-7-19(8-12-21)29(38)32-23-13-16-26-27(18-23)35-30(34-26)33-22-5-4-6-25(17-22)39-3/h4-18H,1-3H3,(H,31,37)(H,32,38)(H2,33,34,35). The average Bonchev–Trinajstić information content (AvgIpc) is 3.35. The van der Waals surface area contributed by atoms with Gasteiger partial charge in [0.25, 0.3) is 11.8 Å². The van der Waals surface area contributed by atoms with Gasteiger partial charge in [-0.25, -0.2) is 4.98 Å². The van der Waals surface area contributed by atoms with Gasteiger partial charge in [-0.1, -0.05) is 6.07 Å². The molecular formula is C30H28N6O3. The number of ether oxygens (including phenoxy) is 1. The summed E-state index contributed by atoms with van der Waals surface area (Å²) in [4.78, 5) is 35.2. The van der Waals surface area contributed by atoms with E-state index in [0.717, 1.165) is 22.6 Å². The van der Waals surface area contributed by atoms with Crippen molar-refractivity contribution in [1.82, 2.24) is 9.97 Å². The molecule has 0 aliphatic rings. The Morgan fingerprint density at radius 1 is 0.769 bits per heavy atom. The number of aromatic amines is 1. The molecule has 39 heavy (non-hydrogen) atoms. The molecular weight excluding hydrogens is 492 g/mol. The van der Waals surface area contributed by atoms with Crippen LogP contribution in [-0.2, 0) is 0 Å². The number of aromatic nitrogens is 2. The van der Waals surface area contributed by atoms with Gasteiger partial charge in [-0.05, 0) is 78.9 Å². The highest BCUT2D eigenvalue weighted by atomic mass is 16.5. The first-order valence-corrected chi connectivity index (χ1v) is 12.3. The number of imidazole rings is 1. The third-order valence-electron chi connectivity index (χ3n) is 6.12. The normalized spacial score (nSPS) is 10.6. The Kier molecular flexibility index (Phi) is 7.13. The summed E-state index contributed by atoms with van der Waals surface area (Å²) >= 11 is 0. The van der Waals surface area contributed by atoms with E-state index in [1.807, 2.05) is 67.5 Å². The van der Waals surface area contributed by atoms with Gasteiger partial charge in [-0.15, -0.1) is 0 Å². The summed E-state index contributed by atoms with van der Waals surface area (Å²) in [6.07, 6.45) is 0. The molecule has 0 unspecified atom stereocenters. The molecule has 0 saturated carbocycles. The molecule has 0 aliphatic heterocycles. The fraction of sp³-hybridized carbons (Fsp3) is 0.100. The van der Waals surface area contributed by atoms with Gasteiger partial charge in [0, 0.05) is 54.0 Å². The summed E-state index contributed by atoms with van der Waals surface area (Å²) in [5.41, 5.74) is 5.61. The van der Waals surface area contributed by atoms with E-state index >= 15 is 0 Å². The van der Waals surface area contributed by atoms with Crippen LogP contribution in [0.5, 0.6) is 5.75 Å². The number of hydrogen-bond donors (Lipinski definition) is 4. The molecule has 1 heterocycles. The molecule has 5 rings (SSSR count). The molecule has 9 nitrogen and oxygen atoms in total. The summed E-state index contributed by atoms with van der Waals surface area (Å²) in [5.74, 6) is 0.835. The minimum absolute atomic E-state index is 0.218. The quantitative estimate of drug-likeness (QED) is 0.203. The van der Waals surface area contributed by atoms with Gasteiger partial charge >= 0.3 is 0 Å². The van der Waals surface area contributed by atoms with Crippen molar-refractivity contribution in [3.63, 3.8) is 0 Å². The predicted octanol–water partition coefficient (Wildman–Crippen LogP) is 5.89. The number of hydrogen-bond acceptors (Lipinski definition) is 6. The molecule has 0 spiro atoms. The first-order chi connectivity index (χ1) is 18.9. The van der Waals surface area contributed by atoms with Crippen molar-refractivity contribution in [3.05, 3.63) is 102 Å². The minimum Gasteiger partial charge on any atom is -0.497 e. The maximum Gasteiger partial charge on any atom is 0.255 e. The van der Waals surface area contributed by atoms with Crippen LogP contribution >= 0.6 is 0 Å². The number of rotatable bonds is 8. The highest BCUT2D eigenvalue weighted by molar-refractivity contribution is 6.06. The summed E-state index contributed by atoms with van der Waals surface area (Å²) in [6.45, 7) is 0. The van der Waals surface area contributed by atoms with Gasteiger partial charge < -0.3 is 30.6 Å². The molecule has 0 bridgehead atoms. The monoisotopic (exact) mass is 520 g/mol. The van der Waals surface area contributed by atoms with Crippen molar-refractivity contribution in [2.75, 3.05) is 42.1 Å². The van der Waals surface area contributed by atoms with Crippen LogP contribution in [0.3, 0.4) is 0 Å². The second-order valence-corrected chi connectivity index (χ2v) is 9.10. The Bertz CT molecular complexity index is 1630. The largest absolute Gasteiger partial charge is 0.497 e. The summed E-state index contributed by atoms with van der Waals surface area (Å²) in [6, 6.07) is 27.1. The van der Waals surface area contributed by atoms with Crippen molar-refractivity contribution >= 4 is 51.5 Å². The number of amides is 2. The predicted molar refractivity (Wildman–Crippen MR) is 155 cm³/mol. The second-order valence-electron chi connectivity index (χ2n) is 9.10. The van der Waals surface area contributed by atoms with E-state index < -0.39 is 0 Å². The maximum absolute atomic E-state index is 12.8. The molecule has 1 aromatic heterocycles. The second kappa shape index (κ2) is 11.0. The van der Waals surface area contributed by atoms with E-state index in [4.69, 9.17) is 4.74 Å². The van der Waals surface area contributed by atoms with Crippen LogP contribution in [0, 0.1) is 0 Å². The van der Waals surface area contributed by atoms with Crippen LogP contribution in [-0.4, -0.2) is 43.0 Å². The van der Waals surface area contributed by atoms with Gasteiger partial charge in [0.15, 0.2) is 0 Å². The van der Waals surface area contributed by atoms with Crippen LogP contribution < -0.4 is 25.6 Å². The van der Waals surface area contributed by atoms with Crippen LogP contribution in [0.25, 0.3) is 11.0 Å². The molecule has 0 saturated heterocycles. The highest BCUT2D eigenvalue weighted by Gasteiger charge is 2.11. The molecule has 0 atom stereocenters. The van der Waals surface area contributed by atoms with Gasteiger partial charge in [-0.3, -0.25) is 9.59 Å². The molecule has 0 fully saturated rings. The summed E-state index contributed by atoms with van der Waals surface area (Å²) in [5, 5.41) is 8.99. The van der Waals surface area contributed by atoms with Gasteiger partial charge in [-0.2, -0.15) is 0 Å². The van der Waals surface area contributed by atoms with Crippen molar-refractivity contribution in [2.24, 2.45) is 0 Å². The van der Waals surface area contributed by atoms with Crippen LogP contribution in [0.4, 0.5) is 28.7 Å². The SMILES string of the molecule is COc1cccc(Nc2nc3cc(NC(=O)c4ccc(NC(=O)c5ccc(N(C)C)cc5)cc4)ccc3[nH]2)c1. The number of nitrogens with one attached hydrogen (secondary N) is 4. The number of nitrogens with zero attached hydrogens (tertiary/aromatic N) is 2. The van der Waals surface area contributed by atoms with Gasteiger partial charge in [0.1, 0.15) is 5.75 Å². The van der Waals surface area contributed by atoms with E-state index in [9.17, 15) is 9.59 Å². The zero-order chi connectivity index (χ0) is 27.4. The van der Waals surface area contributed by atoms with Crippen LogP contribution in [0.1, 0.15) is 20.7 Å². The smallest absolute Gasteiger partial charge is 0.255 e. The lowest BCUT2D eigenvalue weighted by atomic mass is 10.1. The van der Waals surface area contributed by atoms with E-state index in [1.165, 1.54) is 0 Å². The average molecular weight is 521 g/mol.